The molecule has 7 nitrogen and oxygen atoms in total. The number of carbonyl (C=O) groups is 2. The fourth-order valence-electron chi connectivity index (χ4n) is 2.92. The number of sulfonamides is 1. The molecule has 2 aromatic carbocycles. The first-order valence-corrected chi connectivity index (χ1v) is 11.1. The van der Waals surface area contributed by atoms with Crippen LogP contribution in [0.4, 0.5) is 17.1 Å². The topological polar surface area (TPSA) is 95.6 Å². The molecule has 0 heterocycles. The quantitative estimate of drug-likeness (QED) is 0.688. The van der Waals surface area contributed by atoms with Crippen LogP contribution >= 0.6 is 0 Å². The second kappa shape index (κ2) is 9.56. The van der Waals surface area contributed by atoms with Crippen LogP contribution < -0.4 is 14.9 Å². The Hall–Kier alpha value is -2.87. The second-order valence-corrected chi connectivity index (χ2v) is 8.87. The third kappa shape index (κ3) is 6.60. The normalized spacial score (nSPS) is 11.0. The predicted molar refractivity (Wildman–Crippen MR) is 117 cm³/mol. The van der Waals surface area contributed by atoms with Crippen LogP contribution in [0.25, 0.3) is 0 Å². The van der Waals surface area contributed by atoms with Crippen LogP contribution in [0.15, 0.2) is 42.5 Å². The molecular weight excluding hydrogens is 390 g/mol. The molecule has 0 unspecified atom stereocenters. The molecule has 2 rings (SSSR count). The third-order valence-electron chi connectivity index (χ3n) is 4.50. The molecule has 0 aliphatic carbocycles. The van der Waals surface area contributed by atoms with Crippen LogP contribution in [0.3, 0.4) is 0 Å². The van der Waals surface area contributed by atoms with Crippen LogP contribution in [0.1, 0.15) is 30.9 Å². The van der Waals surface area contributed by atoms with E-state index in [0.29, 0.717) is 23.5 Å². The summed E-state index contributed by atoms with van der Waals surface area (Å²) in [5.41, 5.74) is 3.81. The standard InChI is InChI=1S/C21H27N3O4S/c1-15-7-5-8-20(16(15)2)24(29(4,27)28)14-6-9-21(26)23-19-12-10-18(11-13-19)22-17(3)25/h5,7-8,10-13H,6,9,14H2,1-4H3,(H,22,25)(H,23,26). The van der Waals surface area contributed by atoms with Gasteiger partial charge in [0.2, 0.25) is 21.8 Å². The molecule has 2 aromatic rings. The van der Waals surface area contributed by atoms with Gasteiger partial charge in [0.1, 0.15) is 0 Å². The lowest BCUT2D eigenvalue weighted by Gasteiger charge is -2.24. The molecule has 0 aromatic heterocycles. The molecule has 0 aliphatic heterocycles. The molecule has 0 saturated heterocycles. The van der Waals surface area contributed by atoms with Gasteiger partial charge in [0.25, 0.3) is 0 Å². The van der Waals surface area contributed by atoms with Crippen molar-refractivity contribution >= 4 is 38.9 Å². The molecular formula is C21H27N3O4S. The summed E-state index contributed by atoms with van der Waals surface area (Å²) in [7, 11) is -3.46. The first-order chi connectivity index (χ1) is 13.6. The number of nitrogens with one attached hydrogen (secondary N) is 2. The van der Waals surface area contributed by atoms with Crippen molar-refractivity contribution < 1.29 is 18.0 Å². The lowest BCUT2D eigenvalue weighted by molar-refractivity contribution is -0.116. The van der Waals surface area contributed by atoms with E-state index in [-0.39, 0.29) is 24.8 Å². The Kier molecular flexibility index (Phi) is 7.39. The largest absolute Gasteiger partial charge is 0.326 e. The smallest absolute Gasteiger partial charge is 0.232 e. The van der Waals surface area contributed by atoms with Crippen molar-refractivity contribution in [2.24, 2.45) is 0 Å². The van der Waals surface area contributed by atoms with Gasteiger partial charge in [-0.2, -0.15) is 0 Å². The zero-order valence-electron chi connectivity index (χ0n) is 17.2. The number of hydrogen-bond donors (Lipinski definition) is 2. The summed E-state index contributed by atoms with van der Waals surface area (Å²) in [6.45, 7) is 5.47. The molecule has 0 spiro atoms. The molecule has 2 amide bonds. The fourth-order valence-corrected chi connectivity index (χ4v) is 3.93. The Morgan fingerprint density at radius 2 is 1.55 bits per heavy atom. The number of aryl methyl sites for hydroxylation is 1. The molecule has 0 aliphatic rings. The van der Waals surface area contributed by atoms with Crippen molar-refractivity contribution in [3.05, 3.63) is 53.6 Å². The van der Waals surface area contributed by atoms with Gasteiger partial charge in [-0.3, -0.25) is 13.9 Å². The van der Waals surface area contributed by atoms with Crippen LogP contribution in [0.5, 0.6) is 0 Å². The monoisotopic (exact) mass is 417 g/mol. The fraction of sp³-hybridized carbons (Fsp3) is 0.333. The number of anilines is 3. The lowest BCUT2D eigenvalue weighted by atomic mass is 10.1. The van der Waals surface area contributed by atoms with Crippen molar-refractivity contribution in [1.82, 2.24) is 0 Å². The highest BCUT2D eigenvalue weighted by molar-refractivity contribution is 7.92. The minimum Gasteiger partial charge on any atom is -0.326 e. The summed E-state index contributed by atoms with van der Waals surface area (Å²) < 4.78 is 25.9. The summed E-state index contributed by atoms with van der Waals surface area (Å²) in [5, 5.41) is 5.43. The van der Waals surface area contributed by atoms with Crippen LogP contribution in [-0.2, 0) is 19.6 Å². The van der Waals surface area contributed by atoms with Crippen LogP contribution in [0.2, 0.25) is 0 Å². The van der Waals surface area contributed by atoms with E-state index in [0.717, 1.165) is 11.1 Å². The summed E-state index contributed by atoms with van der Waals surface area (Å²) in [6, 6.07) is 12.3. The second-order valence-electron chi connectivity index (χ2n) is 6.96. The highest BCUT2D eigenvalue weighted by atomic mass is 32.2. The van der Waals surface area contributed by atoms with Gasteiger partial charge in [-0.25, -0.2) is 8.42 Å². The van der Waals surface area contributed by atoms with E-state index >= 15 is 0 Å². The Labute approximate surface area is 172 Å². The van der Waals surface area contributed by atoms with Crippen LogP contribution in [0, 0.1) is 13.8 Å². The summed E-state index contributed by atoms with van der Waals surface area (Å²) >= 11 is 0. The Balaban J connectivity index is 1.96. The minimum atomic E-state index is -3.46. The van der Waals surface area contributed by atoms with E-state index in [1.54, 1.807) is 30.3 Å². The molecule has 0 atom stereocenters. The van der Waals surface area contributed by atoms with Crippen molar-refractivity contribution in [1.29, 1.82) is 0 Å². The van der Waals surface area contributed by atoms with E-state index < -0.39 is 10.0 Å². The van der Waals surface area contributed by atoms with Crippen molar-refractivity contribution in [3.63, 3.8) is 0 Å². The number of hydrogen-bond acceptors (Lipinski definition) is 4. The summed E-state index contributed by atoms with van der Waals surface area (Å²) in [5.74, 6) is -0.368. The van der Waals surface area contributed by atoms with Gasteiger partial charge in [0.15, 0.2) is 0 Å². The van der Waals surface area contributed by atoms with E-state index in [1.165, 1.54) is 17.5 Å². The van der Waals surface area contributed by atoms with Gasteiger partial charge >= 0.3 is 0 Å². The summed E-state index contributed by atoms with van der Waals surface area (Å²) in [6.07, 6.45) is 1.74. The van der Waals surface area contributed by atoms with Gasteiger partial charge < -0.3 is 10.6 Å². The van der Waals surface area contributed by atoms with Gasteiger partial charge in [-0.05, 0) is 61.7 Å². The number of rotatable bonds is 8. The van der Waals surface area contributed by atoms with Gasteiger partial charge in [-0.1, -0.05) is 12.1 Å². The third-order valence-corrected chi connectivity index (χ3v) is 5.68. The van der Waals surface area contributed by atoms with Crippen molar-refractivity contribution in [2.75, 3.05) is 27.7 Å². The zero-order valence-corrected chi connectivity index (χ0v) is 18.0. The van der Waals surface area contributed by atoms with E-state index in [1.807, 2.05) is 26.0 Å². The lowest BCUT2D eigenvalue weighted by Crippen LogP contribution is -2.32. The van der Waals surface area contributed by atoms with Gasteiger partial charge in [0.05, 0.1) is 11.9 Å². The zero-order chi connectivity index (χ0) is 21.6. The summed E-state index contributed by atoms with van der Waals surface area (Å²) in [4.78, 5) is 23.2. The molecule has 0 radical (unpaired) electrons. The Bertz CT molecular complexity index is 985. The molecule has 29 heavy (non-hydrogen) atoms. The van der Waals surface area contributed by atoms with E-state index in [9.17, 15) is 18.0 Å². The van der Waals surface area contributed by atoms with E-state index in [2.05, 4.69) is 10.6 Å². The molecule has 0 saturated carbocycles. The Morgan fingerprint density at radius 3 is 2.10 bits per heavy atom. The maximum Gasteiger partial charge on any atom is 0.232 e. The van der Waals surface area contributed by atoms with Crippen LogP contribution in [-0.4, -0.2) is 33.0 Å². The SMILES string of the molecule is CC(=O)Nc1ccc(NC(=O)CCCN(c2cccc(C)c2C)S(C)(=O)=O)cc1. The molecule has 8 heteroatoms. The number of amides is 2. The Morgan fingerprint density at radius 1 is 0.966 bits per heavy atom. The molecule has 2 N–H and O–H groups in total. The highest BCUT2D eigenvalue weighted by Gasteiger charge is 2.19. The highest BCUT2D eigenvalue weighted by Crippen LogP contribution is 2.25. The van der Waals surface area contributed by atoms with Crippen molar-refractivity contribution in [2.45, 2.75) is 33.6 Å². The number of benzene rings is 2. The number of nitrogens with zero attached hydrogens (tertiary/aromatic N) is 1. The average Bonchev–Trinajstić information content (AvgIpc) is 2.62. The molecule has 156 valence electrons. The predicted octanol–water partition coefficient (Wildman–Crippen LogP) is 3.45. The van der Waals surface area contributed by atoms with Gasteiger partial charge in [0, 0.05) is 31.3 Å². The first-order valence-electron chi connectivity index (χ1n) is 9.29. The maximum absolute atomic E-state index is 12.3. The molecule has 0 fully saturated rings. The minimum absolute atomic E-state index is 0.166. The average molecular weight is 418 g/mol. The van der Waals surface area contributed by atoms with Crippen molar-refractivity contribution in [3.8, 4) is 0 Å². The van der Waals surface area contributed by atoms with E-state index in [4.69, 9.17) is 0 Å². The first kappa shape index (κ1) is 22.4. The van der Waals surface area contributed by atoms with Gasteiger partial charge in [-0.15, -0.1) is 0 Å². The number of carbonyl (C=O) groups excluding carboxylic acids is 2. The maximum atomic E-state index is 12.3. The molecule has 0 bridgehead atoms.